The number of ether oxygens (including phenoxy) is 1. The Morgan fingerprint density at radius 3 is 2.03 bits per heavy atom. The number of carbonyl (C=O) groups excluding carboxylic acids is 2. The number of nitrogens with zero attached hydrogens (tertiary/aromatic N) is 1. The average molecular weight is 424 g/mol. The van der Waals surface area contributed by atoms with Crippen LogP contribution in [0.2, 0.25) is 0 Å². The molecule has 0 spiro atoms. The number of aryl methyl sites for hydroxylation is 3. The minimum absolute atomic E-state index is 0.230. The maximum atomic E-state index is 13.2. The van der Waals surface area contributed by atoms with Crippen LogP contribution in [0.5, 0.6) is 0 Å². The SMILES string of the molecule is Cc1ccc(C(=O)[C@@H](C)OC(=O)c2cc(-c3ccc(C)cc3)nc3ccc(C)cc23)cc1. The summed E-state index contributed by atoms with van der Waals surface area (Å²) in [5.74, 6) is -0.768. The standard InChI is InChI=1S/C28H25NO3/c1-17-5-10-21(11-6-17)26-16-24(23-15-19(3)9-14-25(23)29-26)28(31)32-20(4)27(30)22-12-7-18(2)8-13-22/h5-16,20H,1-4H3/t20-/m1/s1. The van der Waals surface area contributed by atoms with E-state index in [2.05, 4.69) is 0 Å². The smallest absolute Gasteiger partial charge is 0.339 e. The van der Waals surface area contributed by atoms with Crippen LogP contribution in [0.15, 0.2) is 72.8 Å². The highest BCUT2D eigenvalue weighted by molar-refractivity contribution is 6.07. The highest BCUT2D eigenvalue weighted by atomic mass is 16.5. The number of carbonyl (C=O) groups is 2. The first-order valence-corrected chi connectivity index (χ1v) is 10.6. The Morgan fingerprint density at radius 2 is 1.38 bits per heavy atom. The van der Waals surface area contributed by atoms with Crippen molar-refractivity contribution in [3.05, 3.63) is 101 Å². The fourth-order valence-corrected chi connectivity index (χ4v) is 3.61. The Hall–Kier alpha value is -3.79. The van der Waals surface area contributed by atoms with Gasteiger partial charge in [0.2, 0.25) is 5.78 Å². The monoisotopic (exact) mass is 423 g/mol. The van der Waals surface area contributed by atoms with Gasteiger partial charge in [0.05, 0.1) is 16.8 Å². The molecule has 4 nitrogen and oxygen atoms in total. The van der Waals surface area contributed by atoms with E-state index in [1.807, 2.05) is 75.4 Å². The van der Waals surface area contributed by atoms with Gasteiger partial charge in [0.25, 0.3) is 0 Å². The summed E-state index contributed by atoms with van der Waals surface area (Å²) >= 11 is 0. The molecule has 0 amide bonds. The third-order valence-corrected chi connectivity index (χ3v) is 5.52. The van der Waals surface area contributed by atoms with E-state index in [9.17, 15) is 9.59 Å². The van der Waals surface area contributed by atoms with Gasteiger partial charge in [-0.1, -0.05) is 71.3 Å². The van der Waals surface area contributed by atoms with Crippen LogP contribution in [-0.2, 0) is 4.74 Å². The van der Waals surface area contributed by atoms with Crippen molar-refractivity contribution in [2.75, 3.05) is 0 Å². The third kappa shape index (κ3) is 4.45. The minimum Gasteiger partial charge on any atom is -0.451 e. The van der Waals surface area contributed by atoms with Gasteiger partial charge >= 0.3 is 5.97 Å². The zero-order valence-corrected chi connectivity index (χ0v) is 18.7. The van der Waals surface area contributed by atoms with Crippen LogP contribution in [0.4, 0.5) is 0 Å². The van der Waals surface area contributed by atoms with Gasteiger partial charge in [0.15, 0.2) is 6.10 Å². The zero-order valence-electron chi connectivity index (χ0n) is 18.7. The summed E-state index contributed by atoms with van der Waals surface area (Å²) in [6, 6.07) is 22.8. The summed E-state index contributed by atoms with van der Waals surface area (Å²) in [4.78, 5) is 30.7. The van der Waals surface area contributed by atoms with Crippen molar-refractivity contribution >= 4 is 22.7 Å². The van der Waals surface area contributed by atoms with E-state index in [-0.39, 0.29) is 5.78 Å². The molecule has 1 aromatic heterocycles. The largest absolute Gasteiger partial charge is 0.451 e. The van der Waals surface area contributed by atoms with Crippen molar-refractivity contribution in [3.63, 3.8) is 0 Å². The first kappa shape index (κ1) is 21.4. The summed E-state index contributed by atoms with van der Waals surface area (Å²) in [5, 5.41) is 0.709. The minimum atomic E-state index is -0.902. The van der Waals surface area contributed by atoms with Crippen molar-refractivity contribution < 1.29 is 14.3 Å². The number of benzene rings is 3. The molecule has 0 N–H and O–H groups in total. The molecule has 160 valence electrons. The molecule has 3 aromatic carbocycles. The molecule has 0 unspecified atom stereocenters. The summed E-state index contributed by atoms with van der Waals surface area (Å²) in [5.41, 5.74) is 6.45. The van der Waals surface area contributed by atoms with E-state index in [0.29, 0.717) is 27.7 Å². The molecule has 0 radical (unpaired) electrons. The summed E-state index contributed by atoms with van der Waals surface area (Å²) in [6.07, 6.45) is -0.902. The lowest BCUT2D eigenvalue weighted by molar-refractivity contribution is 0.0320. The first-order chi connectivity index (χ1) is 15.3. The number of aromatic nitrogens is 1. The fourth-order valence-electron chi connectivity index (χ4n) is 3.61. The number of pyridine rings is 1. The third-order valence-electron chi connectivity index (χ3n) is 5.52. The normalized spacial score (nSPS) is 11.9. The molecular formula is C28H25NO3. The number of fused-ring (bicyclic) bond motifs is 1. The topological polar surface area (TPSA) is 56.3 Å². The molecule has 32 heavy (non-hydrogen) atoms. The van der Waals surface area contributed by atoms with E-state index in [1.54, 1.807) is 25.1 Å². The lowest BCUT2D eigenvalue weighted by Crippen LogP contribution is -2.24. The summed E-state index contributed by atoms with van der Waals surface area (Å²) in [7, 11) is 0. The maximum absolute atomic E-state index is 13.2. The van der Waals surface area contributed by atoms with Crippen LogP contribution >= 0.6 is 0 Å². The molecule has 1 heterocycles. The molecule has 0 aliphatic carbocycles. The van der Waals surface area contributed by atoms with E-state index >= 15 is 0 Å². The van der Waals surface area contributed by atoms with Crippen LogP contribution < -0.4 is 0 Å². The van der Waals surface area contributed by atoms with E-state index < -0.39 is 12.1 Å². The van der Waals surface area contributed by atoms with Gasteiger partial charge in [0, 0.05) is 16.5 Å². The second-order valence-electron chi connectivity index (χ2n) is 8.22. The van der Waals surface area contributed by atoms with Gasteiger partial charge in [-0.15, -0.1) is 0 Å². The van der Waals surface area contributed by atoms with E-state index in [4.69, 9.17) is 9.72 Å². The molecule has 4 heteroatoms. The van der Waals surface area contributed by atoms with Crippen LogP contribution in [0, 0.1) is 20.8 Å². The number of hydrogen-bond donors (Lipinski definition) is 0. The molecule has 0 fully saturated rings. The molecule has 1 atom stereocenters. The van der Waals surface area contributed by atoms with Gasteiger partial charge in [-0.3, -0.25) is 4.79 Å². The Balaban J connectivity index is 1.70. The van der Waals surface area contributed by atoms with Gasteiger partial charge in [-0.25, -0.2) is 9.78 Å². The zero-order chi connectivity index (χ0) is 22.8. The molecule has 0 saturated carbocycles. The second-order valence-corrected chi connectivity index (χ2v) is 8.22. The maximum Gasteiger partial charge on any atom is 0.339 e. The number of ketones is 1. The van der Waals surface area contributed by atoms with Gasteiger partial charge < -0.3 is 4.74 Å². The van der Waals surface area contributed by atoms with Crippen LogP contribution in [-0.4, -0.2) is 22.8 Å². The molecule has 0 bridgehead atoms. The summed E-state index contributed by atoms with van der Waals surface area (Å²) < 4.78 is 5.62. The molecule has 0 aliphatic heterocycles. The van der Waals surface area contributed by atoms with E-state index in [1.165, 1.54) is 0 Å². The number of esters is 1. The van der Waals surface area contributed by atoms with Crippen molar-refractivity contribution in [1.82, 2.24) is 4.98 Å². The molecule has 4 aromatic rings. The average Bonchev–Trinajstić information content (AvgIpc) is 2.78. The second kappa shape index (κ2) is 8.75. The van der Waals surface area contributed by atoms with E-state index in [0.717, 1.165) is 22.3 Å². The van der Waals surface area contributed by atoms with Crippen molar-refractivity contribution in [1.29, 1.82) is 0 Å². The molecule has 0 saturated heterocycles. The van der Waals surface area contributed by atoms with Crippen molar-refractivity contribution in [2.45, 2.75) is 33.8 Å². The molecule has 4 rings (SSSR count). The Morgan fingerprint density at radius 1 is 0.781 bits per heavy atom. The fraction of sp³-hybridized carbons (Fsp3) is 0.179. The Labute approximate surface area is 187 Å². The summed E-state index contributed by atoms with van der Waals surface area (Å²) in [6.45, 7) is 7.55. The highest BCUT2D eigenvalue weighted by Gasteiger charge is 2.22. The molecular weight excluding hydrogens is 398 g/mol. The number of rotatable bonds is 5. The predicted molar refractivity (Wildman–Crippen MR) is 127 cm³/mol. The van der Waals surface area contributed by atoms with Crippen molar-refractivity contribution in [3.8, 4) is 11.3 Å². The van der Waals surface area contributed by atoms with Gasteiger partial charge in [-0.2, -0.15) is 0 Å². The van der Waals surface area contributed by atoms with Crippen molar-refractivity contribution in [2.24, 2.45) is 0 Å². The Bertz CT molecular complexity index is 1310. The first-order valence-electron chi connectivity index (χ1n) is 10.6. The number of Topliss-reactive ketones (excluding diaryl/α,β-unsaturated/α-hetero) is 1. The van der Waals surface area contributed by atoms with Gasteiger partial charge in [0.1, 0.15) is 0 Å². The highest BCUT2D eigenvalue weighted by Crippen LogP contribution is 2.27. The predicted octanol–water partition coefficient (Wildman–Crippen LogP) is 6.26. The molecule has 0 aliphatic rings. The lowest BCUT2D eigenvalue weighted by atomic mass is 10.0. The lowest BCUT2D eigenvalue weighted by Gasteiger charge is -2.15. The van der Waals surface area contributed by atoms with Crippen LogP contribution in [0.25, 0.3) is 22.2 Å². The quantitative estimate of drug-likeness (QED) is 0.281. The van der Waals surface area contributed by atoms with Crippen LogP contribution in [0.1, 0.15) is 44.3 Å². The van der Waals surface area contributed by atoms with Crippen LogP contribution in [0.3, 0.4) is 0 Å². The van der Waals surface area contributed by atoms with Gasteiger partial charge in [-0.05, 0) is 45.9 Å². The Kier molecular flexibility index (Phi) is 5.87. The number of hydrogen-bond acceptors (Lipinski definition) is 4.